The van der Waals surface area contributed by atoms with E-state index in [-0.39, 0.29) is 6.04 Å². The number of methoxy groups -OCH3 is 1. The molecule has 0 bridgehead atoms. The van der Waals surface area contributed by atoms with E-state index in [9.17, 15) is 0 Å². The second-order valence-corrected chi connectivity index (χ2v) is 4.86. The summed E-state index contributed by atoms with van der Waals surface area (Å²) in [6.45, 7) is 2.83. The number of furan rings is 1. The second-order valence-electron chi connectivity index (χ2n) is 4.08. The Labute approximate surface area is 115 Å². The van der Waals surface area contributed by atoms with E-state index in [0.29, 0.717) is 6.54 Å². The van der Waals surface area contributed by atoms with Gasteiger partial charge in [0.2, 0.25) is 0 Å². The SMILES string of the molecule is COc1ccc(C(C)NCc2ccc(Br)o2)cc1. The van der Waals surface area contributed by atoms with Gasteiger partial charge in [0, 0.05) is 6.04 Å². The van der Waals surface area contributed by atoms with Crippen LogP contribution in [0.4, 0.5) is 0 Å². The van der Waals surface area contributed by atoms with Gasteiger partial charge in [0.1, 0.15) is 11.5 Å². The molecule has 18 heavy (non-hydrogen) atoms. The van der Waals surface area contributed by atoms with Crippen LogP contribution in [0.2, 0.25) is 0 Å². The molecule has 3 nitrogen and oxygen atoms in total. The van der Waals surface area contributed by atoms with Crippen LogP contribution < -0.4 is 10.1 Å². The molecule has 96 valence electrons. The van der Waals surface area contributed by atoms with E-state index < -0.39 is 0 Å². The summed E-state index contributed by atoms with van der Waals surface area (Å²) in [5, 5.41) is 3.41. The molecule has 0 radical (unpaired) electrons. The third-order valence-electron chi connectivity index (χ3n) is 2.83. The van der Waals surface area contributed by atoms with Gasteiger partial charge in [-0.15, -0.1) is 0 Å². The molecule has 0 amide bonds. The van der Waals surface area contributed by atoms with Gasteiger partial charge in [-0.1, -0.05) is 12.1 Å². The topological polar surface area (TPSA) is 34.4 Å². The zero-order valence-corrected chi connectivity index (χ0v) is 12.0. The third-order valence-corrected chi connectivity index (χ3v) is 3.25. The largest absolute Gasteiger partial charge is 0.497 e. The van der Waals surface area contributed by atoms with Crippen LogP contribution in [-0.2, 0) is 6.54 Å². The molecular weight excluding hydrogens is 294 g/mol. The molecule has 1 aromatic heterocycles. The van der Waals surface area contributed by atoms with Crippen LogP contribution in [0.3, 0.4) is 0 Å². The van der Waals surface area contributed by atoms with E-state index in [1.807, 2.05) is 24.3 Å². The lowest BCUT2D eigenvalue weighted by molar-refractivity contribution is 0.414. The molecule has 1 N–H and O–H groups in total. The third kappa shape index (κ3) is 3.37. The van der Waals surface area contributed by atoms with Gasteiger partial charge in [-0.3, -0.25) is 0 Å². The Morgan fingerprint density at radius 1 is 1.22 bits per heavy atom. The van der Waals surface area contributed by atoms with Crippen LogP contribution in [0.5, 0.6) is 5.75 Å². The molecule has 4 heteroatoms. The first-order chi connectivity index (χ1) is 8.69. The minimum absolute atomic E-state index is 0.264. The fourth-order valence-corrected chi connectivity index (χ4v) is 2.05. The maximum atomic E-state index is 5.44. The van der Waals surface area contributed by atoms with Gasteiger partial charge in [0.25, 0.3) is 0 Å². The van der Waals surface area contributed by atoms with Gasteiger partial charge in [-0.25, -0.2) is 0 Å². The van der Waals surface area contributed by atoms with Crippen LogP contribution in [0, 0.1) is 0 Å². The van der Waals surface area contributed by atoms with Gasteiger partial charge in [-0.05, 0) is 52.7 Å². The molecule has 1 unspecified atom stereocenters. The Morgan fingerprint density at radius 3 is 2.50 bits per heavy atom. The van der Waals surface area contributed by atoms with Crippen LogP contribution in [0.15, 0.2) is 45.5 Å². The van der Waals surface area contributed by atoms with Gasteiger partial charge < -0.3 is 14.5 Å². The molecule has 0 aliphatic carbocycles. The van der Waals surface area contributed by atoms with Gasteiger partial charge in [0.05, 0.1) is 13.7 Å². The summed E-state index contributed by atoms with van der Waals surface area (Å²) in [5.74, 6) is 1.79. The number of nitrogens with one attached hydrogen (secondary N) is 1. The summed E-state index contributed by atoms with van der Waals surface area (Å²) in [7, 11) is 1.67. The molecule has 1 atom stereocenters. The monoisotopic (exact) mass is 309 g/mol. The van der Waals surface area contributed by atoms with E-state index in [1.54, 1.807) is 7.11 Å². The van der Waals surface area contributed by atoms with Crippen LogP contribution in [0.25, 0.3) is 0 Å². The fourth-order valence-electron chi connectivity index (χ4n) is 1.71. The molecule has 0 fully saturated rings. The first-order valence-electron chi connectivity index (χ1n) is 5.80. The highest BCUT2D eigenvalue weighted by Gasteiger charge is 2.06. The minimum atomic E-state index is 0.264. The van der Waals surface area contributed by atoms with Crippen molar-refractivity contribution >= 4 is 15.9 Å². The van der Waals surface area contributed by atoms with E-state index >= 15 is 0 Å². The van der Waals surface area contributed by atoms with Gasteiger partial charge in [0.15, 0.2) is 4.67 Å². The summed E-state index contributed by atoms with van der Waals surface area (Å²) < 4.78 is 11.3. The van der Waals surface area contributed by atoms with E-state index in [4.69, 9.17) is 9.15 Å². The number of ether oxygens (including phenoxy) is 1. The Hall–Kier alpha value is -1.26. The lowest BCUT2D eigenvalue weighted by atomic mass is 10.1. The van der Waals surface area contributed by atoms with Crippen LogP contribution in [0.1, 0.15) is 24.3 Å². The molecule has 0 spiro atoms. The molecule has 0 saturated carbocycles. The molecule has 0 saturated heterocycles. The maximum absolute atomic E-state index is 5.44. The zero-order valence-electron chi connectivity index (χ0n) is 10.4. The highest BCUT2D eigenvalue weighted by molar-refractivity contribution is 9.10. The van der Waals surface area contributed by atoms with Crippen molar-refractivity contribution in [2.24, 2.45) is 0 Å². The number of benzene rings is 1. The molecule has 2 rings (SSSR count). The van der Waals surface area contributed by atoms with Crippen molar-refractivity contribution < 1.29 is 9.15 Å². The van der Waals surface area contributed by atoms with Crippen molar-refractivity contribution in [3.8, 4) is 5.75 Å². The summed E-state index contributed by atoms with van der Waals surface area (Å²) in [4.78, 5) is 0. The normalized spacial score (nSPS) is 12.4. The quantitative estimate of drug-likeness (QED) is 0.909. The van der Waals surface area contributed by atoms with Crippen molar-refractivity contribution in [1.82, 2.24) is 5.32 Å². The smallest absolute Gasteiger partial charge is 0.169 e. The predicted octanol–water partition coefficient (Wildman–Crippen LogP) is 3.90. The van der Waals surface area contributed by atoms with Crippen LogP contribution >= 0.6 is 15.9 Å². The zero-order chi connectivity index (χ0) is 13.0. The summed E-state index contributed by atoms with van der Waals surface area (Å²) >= 11 is 3.29. The standard InChI is InChI=1S/C14H16BrNO2/c1-10(11-3-5-12(17-2)6-4-11)16-9-13-7-8-14(15)18-13/h3-8,10,16H,9H2,1-2H3. The summed E-state index contributed by atoms with van der Waals surface area (Å²) in [6, 6.07) is 12.2. The Balaban J connectivity index is 1.92. The predicted molar refractivity (Wildman–Crippen MR) is 74.7 cm³/mol. The van der Waals surface area contributed by atoms with Crippen molar-refractivity contribution in [2.75, 3.05) is 7.11 Å². The Kier molecular flexibility index (Phi) is 4.44. The number of hydrogen-bond donors (Lipinski definition) is 1. The average Bonchev–Trinajstić information content (AvgIpc) is 2.82. The van der Waals surface area contributed by atoms with Crippen molar-refractivity contribution in [3.63, 3.8) is 0 Å². The van der Waals surface area contributed by atoms with E-state index in [1.165, 1.54) is 5.56 Å². The molecule has 1 aromatic carbocycles. The number of hydrogen-bond acceptors (Lipinski definition) is 3. The van der Waals surface area contributed by atoms with Crippen molar-refractivity contribution in [1.29, 1.82) is 0 Å². The second kappa shape index (κ2) is 6.07. The average molecular weight is 310 g/mol. The molecule has 2 aromatic rings. The lowest BCUT2D eigenvalue weighted by Gasteiger charge is -2.13. The maximum Gasteiger partial charge on any atom is 0.169 e. The Morgan fingerprint density at radius 2 is 1.94 bits per heavy atom. The molecule has 1 heterocycles. The molecule has 0 aliphatic rings. The Bertz CT molecular complexity index is 493. The van der Waals surface area contributed by atoms with Gasteiger partial charge in [-0.2, -0.15) is 0 Å². The summed E-state index contributed by atoms with van der Waals surface area (Å²) in [5.41, 5.74) is 1.22. The number of rotatable bonds is 5. The highest BCUT2D eigenvalue weighted by atomic mass is 79.9. The first-order valence-corrected chi connectivity index (χ1v) is 6.60. The fraction of sp³-hybridized carbons (Fsp3) is 0.286. The van der Waals surface area contributed by atoms with E-state index in [2.05, 4.69) is 40.3 Å². The summed E-state index contributed by atoms with van der Waals surface area (Å²) in [6.07, 6.45) is 0. The van der Waals surface area contributed by atoms with E-state index in [0.717, 1.165) is 16.2 Å². The highest BCUT2D eigenvalue weighted by Crippen LogP contribution is 2.19. The van der Waals surface area contributed by atoms with Gasteiger partial charge >= 0.3 is 0 Å². The number of halogens is 1. The lowest BCUT2D eigenvalue weighted by Crippen LogP contribution is -2.17. The van der Waals surface area contributed by atoms with Crippen molar-refractivity contribution in [2.45, 2.75) is 19.5 Å². The minimum Gasteiger partial charge on any atom is -0.497 e. The molecule has 0 aliphatic heterocycles. The van der Waals surface area contributed by atoms with Crippen molar-refractivity contribution in [3.05, 3.63) is 52.4 Å². The first kappa shape index (κ1) is 13.2. The van der Waals surface area contributed by atoms with Crippen LogP contribution in [-0.4, -0.2) is 7.11 Å². The molecular formula is C14H16BrNO2.